The maximum atomic E-state index is 12.1. The zero-order valence-corrected chi connectivity index (χ0v) is 13.5. The van der Waals surface area contributed by atoms with Crippen LogP contribution in [0.25, 0.3) is 0 Å². The first-order valence-electron chi connectivity index (χ1n) is 7.98. The highest BCUT2D eigenvalue weighted by Gasteiger charge is 2.15. The number of anilines is 1. The first-order valence-corrected chi connectivity index (χ1v) is 7.98. The van der Waals surface area contributed by atoms with Crippen LogP contribution in [0.3, 0.4) is 0 Å². The topological polar surface area (TPSA) is 59.6 Å². The summed E-state index contributed by atoms with van der Waals surface area (Å²) in [4.78, 5) is 12.1. The quantitative estimate of drug-likeness (QED) is 0.793. The lowest BCUT2D eigenvalue weighted by Crippen LogP contribution is -2.38. The summed E-state index contributed by atoms with van der Waals surface area (Å²) in [6.45, 7) is 0.249. The molecule has 0 atom stereocenters. The number of rotatable bonds is 6. The molecule has 0 spiro atoms. The van der Waals surface area contributed by atoms with E-state index in [2.05, 4.69) is 10.6 Å². The Kier molecular flexibility index (Phi) is 6.37. The number of ether oxygens (including phenoxy) is 2. The minimum atomic E-state index is 0.0322. The van der Waals surface area contributed by atoms with Crippen LogP contribution in [0.4, 0.5) is 5.69 Å². The highest BCUT2D eigenvalue weighted by Crippen LogP contribution is 2.28. The lowest BCUT2D eigenvalue weighted by molar-refractivity contribution is -0.120. The number of hydrogen-bond acceptors (Lipinski definition) is 4. The number of carbonyl (C=O) groups is 1. The monoisotopic (exact) mass is 306 g/mol. The Morgan fingerprint density at radius 3 is 2.50 bits per heavy atom. The zero-order chi connectivity index (χ0) is 15.8. The minimum Gasteiger partial charge on any atom is -0.497 e. The van der Waals surface area contributed by atoms with E-state index in [1.54, 1.807) is 20.3 Å². The maximum absolute atomic E-state index is 12.1. The molecule has 5 heteroatoms. The van der Waals surface area contributed by atoms with Crippen LogP contribution in [-0.4, -0.2) is 32.7 Å². The first kappa shape index (κ1) is 16.5. The second kappa shape index (κ2) is 8.51. The Morgan fingerprint density at radius 2 is 1.86 bits per heavy atom. The van der Waals surface area contributed by atoms with Crippen molar-refractivity contribution in [3.63, 3.8) is 0 Å². The van der Waals surface area contributed by atoms with Crippen molar-refractivity contribution in [1.29, 1.82) is 0 Å². The van der Waals surface area contributed by atoms with Crippen LogP contribution in [0, 0.1) is 0 Å². The molecule has 0 radical (unpaired) electrons. The molecule has 0 heterocycles. The van der Waals surface area contributed by atoms with Gasteiger partial charge in [0, 0.05) is 12.1 Å². The van der Waals surface area contributed by atoms with E-state index in [0.29, 0.717) is 11.8 Å². The van der Waals surface area contributed by atoms with Gasteiger partial charge in [-0.2, -0.15) is 0 Å². The van der Waals surface area contributed by atoms with Gasteiger partial charge >= 0.3 is 0 Å². The standard InChI is InChI=1S/C17H26N2O3/c1-21-14-9-10-15(16(11-14)22-2)18-12-17(20)19-13-7-5-3-4-6-8-13/h9-11,13,18H,3-8,12H2,1-2H3,(H,19,20). The van der Waals surface area contributed by atoms with Crippen molar-refractivity contribution in [2.45, 2.75) is 44.6 Å². The summed E-state index contributed by atoms with van der Waals surface area (Å²) in [5, 5.41) is 6.25. The summed E-state index contributed by atoms with van der Waals surface area (Å²) in [6, 6.07) is 5.82. The fraction of sp³-hybridized carbons (Fsp3) is 0.588. The molecule has 5 nitrogen and oxygen atoms in total. The average molecular weight is 306 g/mol. The van der Waals surface area contributed by atoms with Crippen molar-refractivity contribution in [2.24, 2.45) is 0 Å². The largest absolute Gasteiger partial charge is 0.497 e. The summed E-state index contributed by atoms with van der Waals surface area (Å²) in [5.74, 6) is 1.43. The molecule has 1 aliphatic carbocycles. The van der Waals surface area contributed by atoms with Gasteiger partial charge in [0.05, 0.1) is 26.5 Å². The molecule has 22 heavy (non-hydrogen) atoms. The minimum absolute atomic E-state index is 0.0322. The van der Waals surface area contributed by atoms with Crippen LogP contribution in [0.15, 0.2) is 18.2 Å². The van der Waals surface area contributed by atoms with Crippen molar-refractivity contribution in [1.82, 2.24) is 5.32 Å². The Bertz CT molecular complexity index is 483. The first-order chi connectivity index (χ1) is 10.7. The molecule has 1 aromatic carbocycles. The molecule has 0 aliphatic heterocycles. The van der Waals surface area contributed by atoms with Gasteiger partial charge in [-0.05, 0) is 25.0 Å². The SMILES string of the molecule is COc1ccc(NCC(=O)NC2CCCCCC2)c(OC)c1. The molecule has 0 saturated heterocycles. The van der Waals surface area contributed by atoms with Gasteiger partial charge < -0.3 is 20.1 Å². The van der Waals surface area contributed by atoms with Crippen LogP contribution >= 0.6 is 0 Å². The molecule has 2 rings (SSSR count). The third-order valence-electron chi connectivity index (χ3n) is 4.07. The number of carbonyl (C=O) groups excluding carboxylic acids is 1. The van der Waals surface area contributed by atoms with E-state index < -0.39 is 0 Å². The molecule has 2 N–H and O–H groups in total. The lowest BCUT2D eigenvalue weighted by atomic mass is 10.1. The second-order valence-corrected chi connectivity index (χ2v) is 5.68. The number of nitrogens with one attached hydrogen (secondary N) is 2. The van der Waals surface area contributed by atoms with E-state index in [1.165, 1.54) is 25.7 Å². The van der Waals surface area contributed by atoms with Gasteiger partial charge in [0.2, 0.25) is 5.91 Å². The molecule has 1 aliphatic rings. The van der Waals surface area contributed by atoms with Gasteiger partial charge in [0.15, 0.2) is 0 Å². The third-order valence-corrected chi connectivity index (χ3v) is 4.07. The molecule has 1 fully saturated rings. The van der Waals surface area contributed by atoms with Gasteiger partial charge in [-0.25, -0.2) is 0 Å². The summed E-state index contributed by atoms with van der Waals surface area (Å²) >= 11 is 0. The molecule has 1 saturated carbocycles. The predicted octanol–water partition coefficient (Wildman–Crippen LogP) is 2.95. The molecular formula is C17H26N2O3. The smallest absolute Gasteiger partial charge is 0.239 e. The number of hydrogen-bond donors (Lipinski definition) is 2. The zero-order valence-electron chi connectivity index (χ0n) is 13.5. The van der Waals surface area contributed by atoms with Gasteiger partial charge in [0.1, 0.15) is 11.5 Å². The molecule has 122 valence electrons. The molecule has 0 unspecified atom stereocenters. The Balaban J connectivity index is 1.85. The van der Waals surface area contributed by atoms with E-state index in [1.807, 2.05) is 12.1 Å². The second-order valence-electron chi connectivity index (χ2n) is 5.68. The average Bonchev–Trinajstić information content (AvgIpc) is 2.81. The van der Waals surface area contributed by atoms with E-state index in [9.17, 15) is 4.79 Å². The Hall–Kier alpha value is -1.91. The normalized spacial score (nSPS) is 15.7. The lowest BCUT2D eigenvalue weighted by Gasteiger charge is -2.17. The molecule has 1 amide bonds. The summed E-state index contributed by atoms with van der Waals surface area (Å²) in [6.07, 6.45) is 7.19. The number of methoxy groups -OCH3 is 2. The fourth-order valence-corrected chi connectivity index (χ4v) is 2.82. The highest BCUT2D eigenvalue weighted by atomic mass is 16.5. The van der Waals surface area contributed by atoms with Crippen LogP contribution in [0.1, 0.15) is 38.5 Å². The van der Waals surface area contributed by atoms with Gasteiger partial charge in [-0.3, -0.25) is 4.79 Å². The summed E-state index contributed by atoms with van der Waals surface area (Å²) < 4.78 is 10.5. The highest BCUT2D eigenvalue weighted by molar-refractivity contribution is 5.81. The predicted molar refractivity (Wildman–Crippen MR) is 87.7 cm³/mol. The van der Waals surface area contributed by atoms with Gasteiger partial charge in [-0.15, -0.1) is 0 Å². The number of benzene rings is 1. The van der Waals surface area contributed by atoms with Crippen LogP contribution in [-0.2, 0) is 4.79 Å². The molecule has 1 aromatic rings. The van der Waals surface area contributed by atoms with E-state index >= 15 is 0 Å². The molecular weight excluding hydrogens is 280 g/mol. The van der Waals surface area contributed by atoms with E-state index in [0.717, 1.165) is 24.3 Å². The van der Waals surface area contributed by atoms with Crippen LogP contribution < -0.4 is 20.1 Å². The van der Waals surface area contributed by atoms with Crippen molar-refractivity contribution >= 4 is 11.6 Å². The van der Waals surface area contributed by atoms with Crippen LogP contribution in [0.5, 0.6) is 11.5 Å². The van der Waals surface area contributed by atoms with Gasteiger partial charge in [0.25, 0.3) is 0 Å². The summed E-state index contributed by atoms with van der Waals surface area (Å²) in [5.41, 5.74) is 0.791. The van der Waals surface area contributed by atoms with Crippen molar-refractivity contribution in [3.8, 4) is 11.5 Å². The summed E-state index contributed by atoms with van der Waals surface area (Å²) in [7, 11) is 3.22. The van der Waals surface area contributed by atoms with Crippen molar-refractivity contribution < 1.29 is 14.3 Å². The van der Waals surface area contributed by atoms with Crippen molar-refractivity contribution in [2.75, 3.05) is 26.1 Å². The molecule has 0 aromatic heterocycles. The van der Waals surface area contributed by atoms with E-state index in [4.69, 9.17) is 9.47 Å². The number of amides is 1. The fourth-order valence-electron chi connectivity index (χ4n) is 2.82. The molecule has 0 bridgehead atoms. The Morgan fingerprint density at radius 1 is 1.14 bits per heavy atom. The van der Waals surface area contributed by atoms with Crippen LogP contribution in [0.2, 0.25) is 0 Å². The Labute approximate surface area is 132 Å². The third kappa shape index (κ3) is 4.83. The van der Waals surface area contributed by atoms with Gasteiger partial charge in [-0.1, -0.05) is 25.7 Å². The van der Waals surface area contributed by atoms with E-state index in [-0.39, 0.29) is 12.5 Å². The maximum Gasteiger partial charge on any atom is 0.239 e. The van der Waals surface area contributed by atoms with Crippen molar-refractivity contribution in [3.05, 3.63) is 18.2 Å².